The lowest BCUT2D eigenvalue weighted by molar-refractivity contribution is 0.0944. The van der Waals surface area contributed by atoms with Gasteiger partial charge in [0, 0.05) is 15.8 Å². The molecule has 4 heteroatoms. The van der Waals surface area contributed by atoms with Crippen molar-refractivity contribution in [1.82, 2.24) is 0 Å². The monoisotopic (exact) mass is 279 g/mol. The molecule has 2 aromatic rings. The maximum atomic E-state index is 11.9. The van der Waals surface area contributed by atoms with E-state index < -0.39 is 0 Å². The van der Waals surface area contributed by atoms with Gasteiger partial charge in [0.1, 0.15) is 5.58 Å². The van der Waals surface area contributed by atoms with Gasteiger partial charge in [0.25, 0.3) is 0 Å². The molecule has 0 spiro atoms. The number of hydrogen-bond donors (Lipinski definition) is 1. The fourth-order valence-electron chi connectivity index (χ4n) is 1.80. The number of nitrogens with two attached hydrogens (primary N) is 1. The van der Waals surface area contributed by atoms with Crippen LogP contribution in [0.25, 0.3) is 11.0 Å². The van der Waals surface area contributed by atoms with Gasteiger partial charge in [0.15, 0.2) is 5.76 Å². The molecule has 0 radical (unpaired) electrons. The molecule has 1 aliphatic rings. The molecule has 1 saturated carbocycles. The summed E-state index contributed by atoms with van der Waals surface area (Å²) in [7, 11) is 0. The number of fused-ring (bicyclic) bond motifs is 1. The lowest BCUT2D eigenvalue weighted by Gasteiger charge is -1.94. The summed E-state index contributed by atoms with van der Waals surface area (Å²) in [6.07, 6.45) is 1.91. The van der Waals surface area contributed by atoms with Crippen LogP contribution in [0.1, 0.15) is 23.4 Å². The number of hydrogen-bond acceptors (Lipinski definition) is 3. The van der Waals surface area contributed by atoms with Crippen molar-refractivity contribution in [1.29, 1.82) is 0 Å². The number of rotatable bonds is 2. The average molecular weight is 280 g/mol. The van der Waals surface area contributed by atoms with Crippen molar-refractivity contribution in [3.05, 3.63) is 28.4 Å². The number of ketones is 1. The van der Waals surface area contributed by atoms with Crippen LogP contribution >= 0.6 is 15.9 Å². The van der Waals surface area contributed by atoms with Gasteiger partial charge < -0.3 is 10.2 Å². The Labute approximate surface area is 101 Å². The van der Waals surface area contributed by atoms with E-state index in [1.807, 2.05) is 18.2 Å². The molecule has 0 amide bonds. The molecule has 0 bridgehead atoms. The Morgan fingerprint density at radius 1 is 1.44 bits per heavy atom. The average Bonchev–Trinajstić information content (AvgIpc) is 3.05. The van der Waals surface area contributed by atoms with Crippen molar-refractivity contribution < 1.29 is 9.21 Å². The molecule has 1 heterocycles. The maximum Gasteiger partial charge on any atom is 0.203 e. The molecule has 82 valence electrons. The molecule has 3 nitrogen and oxygen atoms in total. The zero-order valence-corrected chi connectivity index (χ0v) is 10.1. The molecule has 3 rings (SSSR count). The molecule has 1 aromatic carbocycles. The van der Waals surface area contributed by atoms with Crippen molar-refractivity contribution in [2.45, 2.75) is 12.8 Å². The van der Waals surface area contributed by atoms with Gasteiger partial charge in [-0.25, -0.2) is 0 Å². The zero-order chi connectivity index (χ0) is 11.3. The summed E-state index contributed by atoms with van der Waals surface area (Å²) in [5, 5.41) is 0.804. The highest BCUT2D eigenvalue weighted by molar-refractivity contribution is 9.10. The second-order valence-electron chi connectivity index (χ2n) is 4.12. The maximum absolute atomic E-state index is 11.9. The summed E-state index contributed by atoms with van der Waals surface area (Å²) in [5.74, 6) is 0.506. The summed E-state index contributed by atoms with van der Waals surface area (Å²) in [5.41, 5.74) is 7.08. The number of carbonyl (C=O) groups is 1. The van der Waals surface area contributed by atoms with Gasteiger partial charge in [0.2, 0.25) is 5.78 Å². The Kier molecular flexibility index (Phi) is 2.07. The Morgan fingerprint density at radius 2 is 2.19 bits per heavy atom. The van der Waals surface area contributed by atoms with Crippen LogP contribution in [0.15, 0.2) is 27.1 Å². The van der Waals surface area contributed by atoms with Crippen molar-refractivity contribution in [2.24, 2.45) is 5.92 Å². The van der Waals surface area contributed by atoms with Crippen LogP contribution in [-0.4, -0.2) is 5.78 Å². The third-order valence-electron chi connectivity index (χ3n) is 2.86. The van der Waals surface area contributed by atoms with E-state index in [-0.39, 0.29) is 11.7 Å². The standard InChI is InChI=1S/C12H10BrNO2/c13-7-3-4-9-8(5-7)10(14)12(16-9)11(15)6-1-2-6/h3-6H,1-2,14H2. The lowest BCUT2D eigenvalue weighted by Crippen LogP contribution is -2.02. The summed E-state index contributed by atoms with van der Waals surface area (Å²) in [4.78, 5) is 11.9. The van der Waals surface area contributed by atoms with Crippen LogP contribution in [0.4, 0.5) is 5.69 Å². The van der Waals surface area contributed by atoms with Crippen molar-refractivity contribution in [3.8, 4) is 0 Å². The van der Waals surface area contributed by atoms with Gasteiger partial charge in [-0.3, -0.25) is 4.79 Å². The predicted octanol–water partition coefficient (Wildman–Crippen LogP) is 3.37. The summed E-state index contributed by atoms with van der Waals surface area (Å²) >= 11 is 3.37. The van der Waals surface area contributed by atoms with Crippen LogP contribution < -0.4 is 5.73 Å². The van der Waals surface area contributed by atoms with Gasteiger partial charge in [-0.15, -0.1) is 0 Å². The first-order valence-electron chi connectivity index (χ1n) is 5.18. The first-order valence-corrected chi connectivity index (χ1v) is 5.98. The summed E-state index contributed by atoms with van der Waals surface area (Å²) in [6.45, 7) is 0. The molecule has 0 aliphatic heterocycles. The fraction of sp³-hybridized carbons (Fsp3) is 0.250. The molecule has 1 aliphatic carbocycles. The quantitative estimate of drug-likeness (QED) is 0.858. The highest BCUT2D eigenvalue weighted by Gasteiger charge is 2.34. The first-order chi connectivity index (χ1) is 7.66. The molecule has 1 fully saturated rings. The van der Waals surface area contributed by atoms with E-state index in [9.17, 15) is 4.79 Å². The minimum absolute atomic E-state index is 0.0461. The SMILES string of the molecule is Nc1c(C(=O)C2CC2)oc2ccc(Br)cc12. The molecule has 2 N–H and O–H groups in total. The van der Waals surface area contributed by atoms with Gasteiger partial charge in [-0.1, -0.05) is 15.9 Å². The Hall–Kier alpha value is -1.29. The van der Waals surface area contributed by atoms with Crippen LogP contribution in [0.5, 0.6) is 0 Å². The smallest absolute Gasteiger partial charge is 0.203 e. The van der Waals surface area contributed by atoms with E-state index in [1.165, 1.54) is 0 Å². The van der Waals surface area contributed by atoms with Crippen LogP contribution in [0.2, 0.25) is 0 Å². The minimum Gasteiger partial charge on any atom is -0.451 e. The summed E-state index contributed by atoms with van der Waals surface area (Å²) < 4.78 is 6.45. The fourth-order valence-corrected chi connectivity index (χ4v) is 2.16. The third kappa shape index (κ3) is 1.45. The topological polar surface area (TPSA) is 56.2 Å². The van der Waals surface area contributed by atoms with Crippen LogP contribution in [-0.2, 0) is 0 Å². The van der Waals surface area contributed by atoms with Gasteiger partial charge >= 0.3 is 0 Å². The van der Waals surface area contributed by atoms with E-state index in [0.29, 0.717) is 17.0 Å². The number of furan rings is 1. The van der Waals surface area contributed by atoms with Crippen LogP contribution in [0, 0.1) is 5.92 Å². The lowest BCUT2D eigenvalue weighted by atomic mass is 10.1. The number of nitrogen functional groups attached to an aromatic ring is 1. The van der Waals surface area contributed by atoms with Crippen molar-refractivity contribution in [2.75, 3.05) is 5.73 Å². The van der Waals surface area contributed by atoms with Gasteiger partial charge in [0.05, 0.1) is 5.69 Å². The summed E-state index contributed by atoms with van der Waals surface area (Å²) in [6, 6.07) is 5.56. The Bertz CT molecular complexity index is 584. The predicted molar refractivity (Wildman–Crippen MR) is 65.4 cm³/mol. The molecule has 0 atom stereocenters. The Morgan fingerprint density at radius 3 is 2.88 bits per heavy atom. The number of anilines is 1. The van der Waals surface area contributed by atoms with Crippen molar-refractivity contribution >= 4 is 38.4 Å². The van der Waals surface area contributed by atoms with E-state index in [2.05, 4.69) is 15.9 Å². The number of benzene rings is 1. The van der Waals surface area contributed by atoms with Crippen LogP contribution in [0.3, 0.4) is 0 Å². The molecule has 0 unspecified atom stereocenters. The third-order valence-corrected chi connectivity index (χ3v) is 3.35. The highest BCUT2D eigenvalue weighted by atomic mass is 79.9. The molecule has 16 heavy (non-hydrogen) atoms. The minimum atomic E-state index is 0.0461. The zero-order valence-electron chi connectivity index (χ0n) is 8.50. The van der Waals surface area contributed by atoms with Crippen molar-refractivity contribution in [3.63, 3.8) is 0 Å². The largest absolute Gasteiger partial charge is 0.451 e. The second kappa shape index (κ2) is 3.35. The number of halogens is 1. The van der Waals surface area contributed by atoms with E-state index >= 15 is 0 Å². The van der Waals surface area contributed by atoms with Gasteiger partial charge in [-0.05, 0) is 31.0 Å². The van der Waals surface area contributed by atoms with E-state index in [4.69, 9.17) is 10.2 Å². The van der Waals surface area contributed by atoms with Gasteiger partial charge in [-0.2, -0.15) is 0 Å². The van der Waals surface area contributed by atoms with E-state index in [0.717, 1.165) is 22.7 Å². The molecule has 1 aromatic heterocycles. The number of Topliss-reactive ketones (excluding diaryl/α,β-unsaturated/α-hetero) is 1. The van der Waals surface area contributed by atoms with E-state index in [1.54, 1.807) is 0 Å². The first kappa shape index (κ1) is 9.90. The normalized spacial score (nSPS) is 15.6. The Balaban J connectivity index is 2.18. The highest BCUT2D eigenvalue weighted by Crippen LogP contribution is 2.38. The molecular formula is C12H10BrNO2. The second-order valence-corrected chi connectivity index (χ2v) is 5.04. The number of carbonyl (C=O) groups excluding carboxylic acids is 1. The molecular weight excluding hydrogens is 270 g/mol. The molecule has 0 saturated heterocycles.